The molecule has 6 aromatic rings. The summed E-state index contributed by atoms with van der Waals surface area (Å²) in [5.41, 5.74) is 21.5. The van der Waals surface area contributed by atoms with Gasteiger partial charge in [-0.1, -0.05) is 134 Å². The highest BCUT2D eigenvalue weighted by molar-refractivity contribution is 9.10. The third-order valence-corrected chi connectivity index (χ3v) is 12.6. The summed E-state index contributed by atoms with van der Waals surface area (Å²) >= 11 is 7.41. The van der Waals surface area contributed by atoms with Crippen LogP contribution >= 0.6 is 31.9 Å². The number of hydrogen-bond acceptors (Lipinski definition) is 0. The Morgan fingerprint density at radius 3 is 0.766 bits per heavy atom. The molecule has 0 nitrogen and oxygen atoms in total. The van der Waals surface area contributed by atoms with Gasteiger partial charge in [0, 0.05) is 25.2 Å². The zero-order valence-electron chi connectivity index (χ0n) is 27.6. The minimum absolute atomic E-state index is 0.0422. The molecule has 0 bridgehead atoms. The van der Waals surface area contributed by atoms with Crippen LogP contribution < -0.4 is 0 Å². The Hall–Kier alpha value is -3.72. The summed E-state index contributed by atoms with van der Waals surface area (Å²) in [6.07, 6.45) is 0. The van der Waals surface area contributed by atoms with Crippen molar-refractivity contribution in [2.45, 2.75) is 57.8 Å². The van der Waals surface area contributed by atoms with Gasteiger partial charge in [0.2, 0.25) is 0 Å². The fourth-order valence-electron chi connectivity index (χ4n) is 8.88. The highest BCUT2D eigenvalue weighted by Gasteiger charge is 2.39. The van der Waals surface area contributed by atoms with Gasteiger partial charge in [0.15, 0.2) is 0 Å². The third-order valence-electron chi connectivity index (χ3n) is 11.6. The first-order chi connectivity index (χ1) is 22.4. The van der Waals surface area contributed by atoms with E-state index in [9.17, 15) is 0 Å². The number of rotatable bonds is 2. The van der Waals surface area contributed by atoms with Crippen molar-refractivity contribution >= 4 is 31.9 Å². The SMILES string of the molecule is CC1(C)c2cc(Br)ccc2-c2ccc(-c3ccc4c(c3)C(C)(C)c3cc(-c5ccc6c(c5)C(C)(C)c5cc(Br)ccc5-6)ccc3-4)cc21. The molecule has 230 valence electrons. The fraction of sp³-hybridized carbons (Fsp3) is 0.200. The van der Waals surface area contributed by atoms with Gasteiger partial charge in [0.05, 0.1) is 0 Å². The van der Waals surface area contributed by atoms with Crippen molar-refractivity contribution in [1.29, 1.82) is 0 Å². The van der Waals surface area contributed by atoms with Gasteiger partial charge in [-0.05, 0) is 138 Å². The predicted molar refractivity (Wildman–Crippen MR) is 205 cm³/mol. The van der Waals surface area contributed by atoms with E-state index in [2.05, 4.69) is 183 Å². The van der Waals surface area contributed by atoms with Gasteiger partial charge in [0.25, 0.3) is 0 Å². The molecule has 0 saturated carbocycles. The molecule has 2 heteroatoms. The number of benzene rings is 6. The van der Waals surface area contributed by atoms with Gasteiger partial charge in [-0.25, -0.2) is 0 Å². The van der Waals surface area contributed by atoms with Crippen LogP contribution in [0.5, 0.6) is 0 Å². The van der Waals surface area contributed by atoms with Gasteiger partial charge in [-0.15, -0.1) is 0 Å². The lowest BCUT2D eigenvalue weighted by molar-refractivity contribution is 0.659. The predicted octanol–water partition coefficient (Wildman–Crippen LogP) is 13.5. The smallest absolute Gasteiger partial charge is 0.0178 e. The molecule has 0 aliphatic heterocycles. The van der Waals surface area contributed by atoms with E-state index in [1.807, 2.05) is 0 Å². The second-order valence-electron chi connectivity index (χ2n) is 15.3. The Morgan fingerprint density at radius 2 is 0.511 bits per heavy atom. The summed E-state index contributed by atoms with van der Waals surface area (Å²) in [4.78, 5) is 0. The monoisotopic (exact) mass is 734 g/mol. The van der Waals surface area contributed by atoms with E-state index in [1.165, 1.54) is 89.0 Å². The third kappa shape index (κ3) is 4.04. The molecule has 0 heterocycles. The minimum atomic E-state index is -0.103. The van der Waals surface area contributed by atoms with Crippen molar-refractivity contribution in [2.75, 3.05) is 0 Å². The lowest BCUT2D eigenvalue weighted by Crippen LogP contribution is -2.16. The summed E-state index contributed by atoms with van der Waals surface area (Å²) in [6, 6.07) is 41.9. The lowest BCUT2D eigenvalue weighted by atomic mass is 9.79. The Morgan fingerprint density at radius 1 is 0.298 bits per heavy atom. The molecular weight excluding hydrogens is 700 g/mol. The quantitative estimate of drug-likeness (QED) is 0.166. The van der Waals surface area contributed by atoms with Crippen LogP contribution in [0.4, 0.5) is 0 Å². The van der Waals surface area contributed by atoms with Gasteiger partial charge in [-0.2, -0.15) is 0 Å². The molecule has 3 aliphatic rings. The highest BCUT2D eigenvalue weighted by Crippen LogP contribution is 2.54. The van der Waals surface area contributed by atoms with E-state index < -0.39 is 0 Å². The lowest BCUT2D eigenvalue weighted by Gasteiger charge is -2.24. The van der Waals surface area contributed by atoms with Crippen molar-refractivity contribution in [3.8, 4) is 55.6 Å². The van der Waals surface area contributed by atoms with E-state index >= 15 is 0 Å². The average molecular weight is 737 g/mol. The first-order valence-electron chi connectivity index (χ1n) is 16.6. The van der Waals surface area contributed by atoms with Gasteiger partial charge in [0.1, 0.15) is 0 Å². The maximum absolute atomic E-state index is 3.70. The van der Waals surface area contributed by atoms with E-state index in [4.69, 9.17) is 0 Å². The van der Waals surface area contributed by atoms with Crippen LogP contribution in [0.25, 0.3) is 55.6 Å². The molecule has 0 N–H and O–H groups in total. The molecule has 0 radical (unpaired) electrons. The van der Waals surface area contributed by atoms with Crippen LogP contribution in [0.15, 0.2) is 118 Å². The van der Waals surface area contributed by atoms with E-state index in [-0.39, 0.29) is 16.2 Å². The van der Waals surface area contributed by atoms with Crippen LogP contribution in [0.1, 0.15) is 74.9 Å². The van der Waals surface area contributed by atoms with Crippen molar-refractivity contribution in [3.05, 3.63) is 152 Å². The summed E-state index contributed by atoms with van der Waals surface area (Å²) in [6.45, 7) is 14.2. The molecule has 47 heavy (non-hydrogen) atoms. The molecule has 0 amide bonds. The zero-order valence-corrected chi connectivity index (χ0v) is 30.8. The maximum atomic E-state index is 3.70. The molecule has 3 aliphatic carbocycles. The van der Waals surface area contributed by atoms with E-state index in [1.54, 1.807) is 0 Å². The molecular formula is C45H36Br2. The standard InChI is InChI=1S/C45H36Br2/c1-43(2)37-19-25(27-9-15-33-35-17-11-29(46)23-41(35)44(3,4)39(33)21-27)7-13-31(37)32-14-8-26(20-38(32)43)28-10-16-34-36-18-12-30(47)24-42(36)45(5,6)40(34)22-28/h7-24H,1-6H3. The Labute approximate surface area is 295 Å². The normalized spacial score (nSPS) is 16.6. The molecule has 0 spiro atoms. The van der Waals surface area contributed by atoms with E-state index in [0.717, 1.165) is 8.95 Å². The van der Waals surface area contributed by atoms with E-state index in [0.29, 0.717) is 0 Å². The first-order valence-corrected chi connectivity index (χ1v) is 18.1. The number of hydrogen-bond donors (Lipinski definition) is 0. The maximum Gasteiger partial charge on any atom is 0.0178 e. The van der Waals surface area contributed by atoms with Gasteiger partial charge in [-0.3, -0.25) is 0 Å². The van der Waals surface area contributed by atoms with Crippen LogP contribution in [-0.2, 0) is 16.2 Å². The van der Waals surface area contributed by atoms with Crippen LogP contribution in [0.3, 0.4) is 0 Å². The summed E-state index contributed by atoms with van der Waals surface area (Å²) < 4.78 is 2.28. The fourth-order valence-corrected chi connectivity index (χ4v) is 9.60. The molecule has 0 aromatic heterocycles. The molecule has 9 rings (SSSR count). The summed E-state index contributed by atoms with van der Waals surface area (Å²) in [5.74, 6) is 0. The molecule has 0 saturated heterocycles. The Bertz CT molecular complexity index is 2190. The summed E-state index contributed by atoms with van der Waals surface area (Å²) in [7, 11) is 0. The Kier molecular flexibility index (Phi) is 6.06. The van der Waals surface area contributed by atoms with Gasteiger partial charge >= 0.3 is 0 Å². The average Bonchev–Trinajstić information content (AvgIpc) is 3.52. The van der Waals surface area contributed by atoms with Crippen molar-refractivity contribution in [1.82, 2.24) is 0 Å². The zero-order chi connectivity index (χ0) is 32.6. The second-order valence-corrected chi connectivity index (χ2v) is 17.1. The number of halogens is 2. The van der Waals surface area contributed by atoms with Crippen molar-refractivity contribution < 1.29 is 0 Å². The number of fused-ring (bicyclic) bond motifs is 9. The minimum Gasteiger partial charge on any atom is -0.0537 e. The molecule has 0 atom stereocenters. The largest absolute Gasteiger partial charge is 0.0537 e. The molecule has 0 fully saturated rings. The molecule has 6 aromatic carbocycles. The second kappa shape index (κ2) is 9.68. The topological polar surface area (TPSA) is 0 Å². The van der Waals surface area contributed by atoms with Gasteiger partial charge < -0.3 is 0 Å². The highest BCUT2D eigenvalue weighted by atomic mass is 79.9. The Balaban J connectivity index is 1.09. The van der Waals surface area contributed by atoms with Crippen LogP contribution in [-0.4, -0.2) is 0 Å². The van der Waals surface area contributed by atoms with Crippen molar-refractivity contribution in [3.63, 3.8) is 0 Å². The summed E-state index contributed by atoms with van der Waals surface area (Å²) in [5, 5.41) is 0. The first kappa shape index (κ1) is 29.4. The molecule has 0 unspecified atom stereocenters. The van der Waals surface area contributed by atoms with Crippen LogP contribution in [0, 0.1) is 0 Å². The van der Waals surface area contributed by atoms with Crippen LogP contribution in [0.2, 0.25) is 0 Å². The van der Waals surface area contributed by atoms with Crippen molar-refractivity contribution in [2.24, 2.45) is 0 Å².